The fourth-order valence-corrected chi connectivity index (χ4v) is 5.38. The molecule has 0 spiro atoms. The standard InChI is InChI=1S/C35H37N7O3/c1-35(2,3)28-14-10-26(11-15-28)20-41-22-40-29-16-30(32(43)38-18-24-4-6-25(7-5-24)19-39-34(37)45)42(21-31(29)41)33(44)27-12-8-23(17-36)9-13-27/h4-15,22,30H,16,18-21H2,1-3H3,(H,38,43)(H3,37,39,45). The average Bonchev–Trinajstić information content (AvgIpc) is 3.43. The molecule has 0 bridgehead atoms. The van der Waals surface area contributed by atoms with E-state index >= 15 is 0 Å². The van der Waals surface area contributed by atoms with Crippen LogP contribution in [0.1, 0.15) is 70.3 Å². The predicted octanol–water partition coefficient (Wildman–Crippen LogP) is 4.15. The van der Waals surface area contributed by atoms with E-state index in [1.807, 2.05) is 28.8 Å². The molecule has 1 aliphatic rings. The van der Waals surface area contributed by atoms with E-state index in [1.165, 1.54) is 5.56 Å². The maximum absolute atomic E-state index is 13.9. The minimum Gasteiger partial charge on any atom is -0.352 e. The van der Waals surface area contributed by atoms with Gasteiger partial charge in [0.2, 0.25) is 5.91 Å². The zero-order valence-electron chi connectivity index (χ0n) is 25.7. The van der Waals surface area contributed by atoms with Gasteiger partial charge in [0.25, 0.3) is 5.91 Å². The summed E-state index contributed by atoms with van der Waals surface area (Å²) in [7, 11) is 0. The highest BCUT2D eigenvalue weighted by Gasteiger charge is 2.37. The highest BCUT2D eigenvalue weighted by Crippen LogP contribution is 2.27. The summed E-state index contributed by atoms with van der Waals surface area (Å²) in [5, 5.41) is 14.7. The highest BCUT2D eigenvalue weighted by atomic mass is 16.2. The molecule has 230 valence electrons. The van der Waals surface area contributed by atoms with Crippen LogP contribution in [0.5, 0.6) is 0 Å². The Morgan fingerprint density at radius 2 is 1.51 bits per heavy atom. The van der Waals surface area contributed by atoms with Gasteiger partial charge in [-0.05, 0) is 51.9 Å². The van der Waals surface area contributed by atoms with Crippen molar-refractivity contribution in [1.29, 1.82) is 5.26 Å². The van der Waals surface area contributed by atoms with E-state index in [4.69, 9.17) is 5.73 Å². The fraction of sp³-hybridized carbons (Fsp3) is 0.286. The number of imidazole rings is 1. The van der Waals surface area contributed by atoms with Gasteiger partial charge >= 0.3 is 6.03 Å². The summed E-state index contributed by atoms with van der Waals surface area (Å²) in [4.78, 5) is 44.7. The average molecular weight is 604 g/mol. The molecule has 0 radical (unpaired) electrons. The summed E-state index contributed by atoms with van der Waals surface area (Å²) in [6.07, 6.45) is 2.05. The molecule has 5 rings (SSSR count). The third kappa shape index (κ3) is 7.39. The van der Waals surface area contributed by atoms with Crippen LogP contribution in [0.25, 0.3) is 0 Å². The van der Waals surface area contributed by atoms with Crippen LogP contribution in [0.3, 0.4) is 0 Å². The van der Waals surface area contributed by atoms with Gasteiger partial charge < -0.3 is 25.8 Å². The van der Waals surface area contributed by atoms with E-state index in [1.54, 1.807) is 35.5 Å². The lowest BCUT2D eigenvalue weighted by molar-refractivity contribution is -0.126. The summed E-state index contributed by atoms with van der Waals surface area (Å²) in [5.74, 6) is -0.576. The molecule has 4 aromatic rings. The van der Waals surface area contributed by atoms with Gasteiger partial charge in [-0.1, -0.05) is 69.3 Å². The molecular formula is C35H37N7O3. The van der Waals surface area contributed by atoms with E-state index in [2.05, 4.69) is 66.7 Å². The SMILES string of the molecule is CC(C)(C)c1ccc(Cn2cnc3c2CN(C(=O)c2ccc(C#N)cc2)C(C(=O)NCc2ccc(CNC(N)=O)cc2)C3)cc1. The number of hydrogen-bond acceptors (Lipinski definition) is 5. The number of rotatable bonds is 8. The Bertz CT molecular complexity index is 1730. The van der Waals surface area contributed by atoms with Crippen LogP contribution in [-0.4, -0.2) is 38.3 Å². The minimum atomic E-state index is -0.769. The number of amides is 4. The van der Waals surface area contributed by atoms with Crippen molar-refractivity contribution in [2.75, 3.05) is 0 Å². The van der Waals surface area contributed by atoms with Gasteiger partial charge in [0.15, 0.2) is 0 Å². The number of nitrogens with two attached hydrogens (primary N) is 1. The van der Waals surface area contributed by atoms with E-state index in [0.717, 1.165) is 28.1 Å². The Labute approximate surface area is 262 Å². The number of carbonyl (C=O) groups is 3. The first kappa shape index (κ1) is 31.0. The number of hydrogen-bond donors (Lipinski definition) is 3. The number of nitriles is 1. The molecule has 45 heavy (non-hydrogen) atoms. The normalized spacial score (nSPS) is 14.3. The zero-order valence-corrected chi connectivity index (χ0v) is 25.7. The van der Waals surface area contributed by atoms with Crippen LogP contribution in [0.15, 0.2) is 79.1 Å². The summed E-state index contributed by atoms with van der Waals surface area (Å²) in [6.45, 7) is 7.94. The summed E-state index contributed by atoms with van der Waals surface area (Å²) < 4.78 is 2.04. The van der Waals surface area contributed by atoms with Gasteiger partial charge in [-0.25, -0.2) is 9.78 Å². The van der Waals surface area contributed by atoms with Gasteiger partial charge in [-0.15, -0.1) is 0 Å². The first-order valence-electron chi connectivity index (χ1n) is 14.8. The van der Waals surface area contributed by atoms with Crippen molar-refractivity contribution in [3.05, 3.63) is 124 Å². The number of carbonyl (C=O) groups excluding carboxylic acids is 3. The van der Waals surface area contributed by atoms with E-state index in [9.17, 15) is 19.6 Å². The van der Waals surface area contributed by atoms with E-state index in [-0.39, 0.29) is 36.7 Å². The summed E-state index contributed by atoms with van der Waals surface area (Å²) >= 11 is 0. The van der Waals surface area contributed by atoms with Crippen molar-refractivity contribution in [3.63, 3.8) is 0 Å². The van der Waals surface area contributed by atoms with Crippen molar-refractivity contribution in [3.8, 4) is 6.07 Å². The van der Waals surface area contributed by atoms with Crippen LogP contribution in [-0.2, 0) is 42.8 Å². The molecule has 0 saturated heterocycles. The number of nitrogens with zero attached hydrogens (tertiary/aromatic N) is 4. The Balaban J connectivity index is 1.36. The van der Waals surface area contributed by atoms with Crippen molar-refractivity contribution >= 4 is 17.8 Å². The van der Waals surface area contributed by atoms with E-state index in [0.29, 0.717) is 24.2 Å². The molecule has 1 aliphatic heterocycles. The van der Waals surface area contributed by atoms with Gasteiger partial charge in [0.05, 0.1) is 35.9 Å². The lowest BCUT2D eigenvalue weighted by atomic mass is 9.87. The first-order chi connectivity index (χ1) is 21.5. The molecule has 10 heteroatoms. The highest BCUT2D eigenvalue weighted by molar-refractivity contribution is 5.98. The van der Waals surface area contributed by atoms with Crippen LogP contribution in [0.4, 0.5) is 4.79 Å². The smallest absolute Gasteiger partial charge is 0.312 e. The number of nitrogens with one attached hydrogen (secondary N) is 2. The summed E-state index contributed by atoms with van der Waals surface area (Å²) in [6, 6.07) is 23.1. The van der Waals surface area contributed by atoms with Crippen molar-refractivity contribution < 1.29 is 14.4 Å². The molecule has 1 unspecified atom stereocenters. The number of fused-ring (bicyclic) bond motifs is 1. The molecule has 4 N–H and O–H groups in total. The molecule has 3 aromatic carbocycles. The largest absolute Gasteiger partial charge is 0.352 e. The fourth-order valence-electron chi connectivity index (χ4n) is 5.38. The number of urea groups is 1. The second kappa shape index (κ2) is 13.1. The number of primary amides is 1. The van der Waals surface area contributed by atoms with Crippen LogP contribution < -0.4 is 16.4 Å². The van der Waals surface area contributed by atoms with Gasteiger partial charge in [0.1, 0.15) is 6.04 Å². The maximum Gasteiger partial charge on any atom is 0.312 e. The molecule has 10 nitrogen and oxygen atoms in total. The minimum absolute atomic E-state index is 0.0572. The van der Waals surface area contributed by atoms with Gasteiger partial charge in [-0.2, -0.15) is 5.26 Å². The van der Waals surface area contributed by atoms with Crippen molar-refractivity contribution in [2.45, 2.75) is 64.8 Å². The third-order valence-electron chi connectivity index (χ3n) is 8.07. The lowest BCUT2D eigenvalue weighted by Gasteiger charge is -2.35. The molecular weight excluding hydrogens is 566 g/mol. The van der Waals surface area contributed by atoms with Crippen molar-refractivity contribution in [1.82, 2.24) is 25.1 Å². The maximum atomic E-state index is 13.9. The topological polar surface area (TPSA) is 146 Å². The second-order valence-electron chi connectivity index (χ2n) is 12.3. The molecule has 4 amide bonds. The number of benzene rings is 3. The molecule has 1 atom stereocenters. The second-order valence-corrected chi connectivity index (χ2v) is 12.3. The molecule has 0 fully saturated rings. The van der Waals surface area contributed by atoms with Crippen LogP contribution >= 0.6 is 0 Å². The van der Waals surface area contributed by atoms with Crippen LogP contribution in [0, 0.1) is 11.3 Å². The quantitative estimate of drug-likeness (QED) is 0.277. The summed E-state index contributed by atoms with van der Waals surface area (Å²) in [5.41, 5.74) is 11.9. The predicted molar refractivity (Wildman–Crippen MR) is 170 cm³/mol. The Morgan fingerprint density at radius 3 is 2.09 bits per heavy atom. The lowest BCUT2D eigenvalue weighted by Crippen LogP contribution is -2.52. The van der Waals surface area contributed by atoms with Gasteiger partial charge in [-0.3, -0.25) is 9.59 Å². The Morgan fingerprint density at radius 1 is 0.911 bits per heavy atom. The van der Waals surface area contributed by atoms with E-state index < -0.39 is 12.1 Å². The molecule has 0 aliphatic carbocycles. The van der Waals surface area contributed by atoms with Crippen molar-refractivity contribution in [2.24, 2.45) is 5.73 Å². The molecule has 2 heterocycles. The van der Waals surface area contributed by atoms with Crippen LogP contribution in [0.2, 0.25) is 0 Å². The molecule has 1 aromatic heterocycles. The first-order valence-corrected chi connectivity index (χ1v) is 14.8. The Hall–Kier alpha value is -5.43. The Kier molecular flexibility index (Phi) is 9.00. The molecule has 0 saturated carbocycles. The third-order valence-corrected chi connectivity index (χ3v) is 8.07. The van der Waals surface area contributed by atoms with Gasteiger partial charge in [0, 0.05) is 31.6 Å². The number of aromatic nitrogens is 2. The monoisotopic (exact) mass is 603 g/mol. The zero-order chi connectivity index (χ0) is 32.1.